The first-order chi connectivity index (χ1) is 27.7. The molecule has 9 rings (SSSR count). The van der Waals surface area contributed by atoms with Crippen LogP contribution in [0.4, 0.5) is 50.4 Å². The zero-order chi connectivity index (χ0) is 43.8. The average Bonchev–Trinajstić information content (AvgIpc) is 3.19. The van der Waals surface area contributed by atoms with Gasteiger partial charge in [0.25, 0.3) is 0 Å². The van der Waals surface area contributed by atoms with E-state index in [0.717, 1.165) is 55.6 Å². The summed E-state index contributed by atoms with van der Waals surface area (Å²) >= 11 is 0. The van der Waals surface area contributed by atoms with Gasteiger partial charge in [0.2, 0.25) is 0 Å². The fraction of sp³-hybridized carbons (Fsp3) is 0. The zero-order valence-electron chi connectivity index (χ0n) is 30.5. The predicted octanol–water partition coefficient (Wildman–Crippen LogP) is 15.5. The SMILES string of the molecule is F[P-](F)(F)(F)(F)F.F[P-](F)(F)(F)(F)F.[Ru+2].c1ccc(-c2ccccn2)nc1.c1ccc(-c2ccccn2)nc1.c1ccc2c(c1)cnc1nc3ncc4ccccc4c3cc12. The maximum atomic E-state index is 9.87. The molecule has 0 radical (unpaired) electrons. The Morgan fingerprint density at radius 3 is 0.836 bits per heavy atom. The number of rotatable bonds is 2. The molecule has 2 aromatic carbocycles. The zero-order valence-corrected chi connectivity index (χ0v) is 34.0. The minimum atomic E-state index is -10.7. The number of fused-ring (bicyclic) bond motifs is 6. The normalized spacial score (nSPS) is 13.3. The molecule has 61 heavy (non-hydrogen) atoms. The van der Waals surface area contributed by atoms with Crippen LogP contribution in [0.15, 0.2) is 165 Å². The van der Waals surface area contributed by atoms with Gasteiger partial charge in [0.1, 0.15) is 0 Å². The molecule has 0 atom stereocenters. The van der Waals surface area contributed by atoms with Crippen LogP contribution in [0.2, 0.25) is 0 Å². The first-order valence-electron chi connectivity index (χ1n) is 16.8. The van der Waals surface area contributed by atoms with Crippen LogP contribution in [0.1, 0.15) is 0 Å². The van der Waals surface area contributed by atoms with Crippen LogP contribution in [0.3, 0.4) is 0 Å². The van der Waals surface area contributed by atoms with Gasteiger partial charge in [-0.3, -0.25) is 19.9 Å². The smallest absolute Gasteiger partial charge is 0.255 e. The third-order valence-corrected chi connectivity index (χ3v) is 7.32. The van der Waals surface area contributed by atoms with E-state index in [2.05, 4.69) is 65.2 Å². The van der Waals surface area contributed by atoms with Crippen molar-refractivity contribution in [3.05, 3.63) is 165 Å². The summed E-state index contributed by atoms with van der Waals surface area (Å²) < 4.78 is 118. The molecule has 7 nitrogen and oxygen atoms in total. The standard InChI is InChI=1S/C19H11N3.2C10H8N2.2F6P.Ru/c1-3-7-14-12(5-1)10-20-18-16(14)9-17-15-8-4-2-6-13(15)11-21-19(17)22-18;2*1-3-7-11-9(5-1)10-6-2-4-8-12-10;2*1-7(2,3,4,5)6;/h1-11H;2*1-8H;;;/q;;;2*-1;+2. The van der Waals surface area contributed by atoms with E-state index in [9.17, 15) is 50.4 Å². The van der Waals surface area contributed by atoms with Crippen LogP contribution in [0, 0.1) is 0 Å². The Morgan fingerprint density at radius 1 is 0.311 bits per heavy atom. The second kappa shape index (κ2) is 17.3. The van der Waals surface area contributed by atoms with Crippen molar-refractivity contribution in [3.63, 3.8) is 0 Å². The first kappa shape index (κ1) is 47.8. The molecular weight excluding hydrogens is 957 g/mol. The van der Waals surface area contributed by atoms with Gasteiger partial charge in [-0.05, 0) is 65.4 Å². The van der Waals surface area contributed by atoms with Crippen LogP contribution in [0.25, 0.3) is 66.4 Å². The van der Waals surface area contributed by atoms with Crippen molar-refractivity contribution >= 4 is 59.2 Å². The topological polar surface area (TPSA) is 90.2 Å². The minimum Gasteiger partial charge on any atom is -0.255 e. The molecule has 9 aromatic rings. The van der Waals surface area contributed by atoms with Crippen molar-refractivity contribution < 1.29 is 69.8 Å². The molecule has 0 N–H and O–H groups in total. The summed E-state index contributed by atoms with van der Waals surface area (Å²) in [6.07, 6.45) is 10.8. The van der Waals surface area contributed by atoms with Gasteiger partial charge in [-0.1, -0.05) is 72.8 Å². The van der Waals surface area contributed by atoms with E-state index in [-0.39, 0.29) is 19.5 Å². The summed E-state index contributed by atoms with van der Waals surface area (Å²) in [6.45, 7) is 0. The molecule has 0 spiro atoms. The van der Waals surface area contributed by atoms with E-state index in [1.54, 1.807) is 24.8 Å². The van der Waals surface area contributed by atoms with Gasteiger partial charge in [-0.2, -0.15) is 0 Å². The fourth-order valence-electron chi connectivity index (χ4n) is 5.12. The first-order valence-corrected chi connectivity index (χ1v) is 20.9. The summed E-state index contributed by atoms with van der Waals surface area (Å²) in [4.78, 5) is 30.4. The summed E-state index contributed by atoms with van der Waals surface area (Å²) in [5.74, 6) is 0. The number of hydrogen-bond acceptors (Lipinski definition) is 7. The summed E-state index contributed by atoms with van der Waals surface area (Å²) in [6, 6.07) is 41.9. The second-order valence-electron chi connectivity index (χ2n) is 12.2. The van der Waals surface area contributed by atoms with Crippen LogP contribution in [0.5, 0.6) is 0 Å². The predicted molar refractivity (Wildman–Crippen MR) is 212 cm³/mol. The van der Waals surface area contributed by atoms with Crippen molar-refractivity contribution in [2.45, 2.75) is 0 Å². The third kappa shape index (κ3) is 18.1. The molecule has 7 heterocycles. The summed E-state index contributed by atoms with van der Waals surface area (Å²) in [5, 5.41) is 6.76. The molecule has 0 unspecified atom stereocenters. The van der Waals surface area contributed by atoms with Crippen LogP contribution >= 0.6 is 15.6 Å². The van der Waals surface area contributed by atoms with Gasteiger partial charge in [0.15, 0.2) is 11.3 Å². The molecule has 0 saturated heterocycles. The van der Waals surface area contributed by atoms with Crippen molar-refractivity contribution in [1.82, 2.24) is 34.9 Å². The van der Waals surface area contributed by atoms with E-state index in [4.69, 9.17) is 0 Å². The van der Waals surface area contributed by atoms with Crippen molar-refractivity contribution in [2.24, 2.45) is 0 Å². The van der Waals surface area contributed by atoms with Crippen molar-refractivity contribution in [2.75, 3.05) is 0 Å². The van der Waals surface area contributed by atoms with Crippen LogP contribution in [-0.4, -0.2) is 34.9 Å². The quantitative estimate of drug-likeness (QED) is 0.0560. The van der Waals surface area contributed by atoms with E-state index in [1.165, 1.54) is 10.8 Å². The van der Waals surface area contributed by atoms with E-state index in [0.29, 0.717) is 0 Å². The Kier molecular flexibility index (Phi) is 13.5. The Hall–Kier alpha value is -5.83. The van der Waals surface area contributed by atoms with Crippen molar-refractivity contribution in [1.29, 1.82) is 0 Å². The number of halogens is 12. The van der Waals surface area contributed by atoms with Gasteiger partial charge < -0.3 is 0 Å². The van der Waals surface area contributed by atoms with E-state index >= 15 is 0 Å². The fourth-order valence-corrected chi connectivity index (χ4v) is 5.12. The van der Waals surface area contributed by atoms with Crippen molar-refractivity contribution in [3.8, 4) is 22.8 Å². The van der Waals surface area contributed by atoms with Gasteiger partial charge in [-0.25, -0.2) is 15.0 Å². The van der Waals surface area contributed by atoms with Gasteiger partial charge in [-0.15, -0.1) is 0 Å². The molecular formula is C39H27F12N7P2Ru. The molecule has 22 heteroatoms. The molecule has 0 amide bonds. The second-order valence-corrected chi connectivity index (χ2v) is 16.0. The number of pyridine rings is 7. The van der Waals surface area contributed by atoms with E-state index in [1.807, 2.05) is 109 Å². The number of benzene rings is 2. The largest absolute Gasteiger partial charge is 2.00 e. The summed E-state index contributed by atoms with van der Waals surface area (Å²) in [5.41, 5.74) is 5.15. The Balaban J connectivity index is 0.000000182. The number of hydrogen-bond donors (Lipinski definition) is 0. The van der Waals surface area contributed by atoms with Crippen LogP contribution in [-0.2, 0) is 19.5 Å². The monoisotopic (exact) mass is 985 g/mol. The molecule has 0 bridgehead atoms. The Bertz CT molecular complexity index is 2560. The molecule has 0 aliphatic heterocycles. The van der Waals surface area contributed by atoms with E-state index < -0.39 is 15.6 Å². The Morgan fingerprint density at radius 2 is 0.574 bits per heavy atom. The Labute approximate surface area is 350 Å². The minimum absolute atomic E-state index is 0. The number of nitrogens with zero attached hydrogens (tertiary/aromatic N) is 7. The van der Waals surface area contributed by atoms with Gasteiger partial charge >= 0.3 is 85.5 Å². The molecule has 0 saturated carbocycles. The van der Waals surface area contributed by atoms with Crippen LogP contribution < -0.4 is 0 Å². The third-order valence-electron chi connectivity index (χ3n) is 7.32. The van der Waals surface area contributed by atoms with Gasteiger partial charge in [0, 0.05) is 58.7 Å². The maximum absolute atomic E-state index is 10.7. The molecule has 7 aromatic heterocycles. The molecule has 0 fully saturated rings. The summed E-state index contributed by atoms with van der Waals surface area (Å²) in [7, 11) is -21.3. The molecule has 0 aliphatic rings. The molecule has 0 aliphatic carbocycles. The average molecular weight is 985 g/mol. The maximum Gasteiger partial charge on any atom is 2.00 e. The van der Waals surface area contributed by atoms with Gasteiger partial charge in [0.05, 0.1) is 22.8 Å². The number of aromatic nitrogens is 7. The molecule has 320 valence electrons.